The fourth-order valence-electron chi connectivity index (χ4n) is 1.32. The Balaban J connectivity index is 2.86. The smallest absolute Gasteiger partial charge is 0.408 e. The first kappa shape index (κ1) is 14.8. The van der Waals surface area contributed by atoms with Gasteiger partial charge in [-0.3, -0.25) is 0 Å². The summed E-state index contributed by atoms with van der Waals surface area (Å²) in [5, 5.41) is 20.5. The van der Waals surface area contributed by atoms with Gasteiger partial charge in [-0.2, -0.15) is 0 Å². The van der Waals surface area contributed by atoms with Gasteiger partial charge in [0.1, 0.15) is 17.9 Å². The standard InChI is InChI=1S/C12H15NO6/c1-3-6-18-11(17)13-12(2,7-14)9-5-4-8(19-9)10(15)16/h3-5,14H,1,6-7H2,2H3,(H,13,17)(H,15,16). The molecule has 1 heterocycles. The third-order valence-corrected chi connectivity index (χ3v) is 2.39. The van der Waals surface area contributed by atoms with Crippen LogP contribution in [0.4, 0.5) is 4.79 Å². The number of hydrogen-bond donors (Lipinski definition) is 3. The van der Waals surface area contributed by atoms with Crippen molar-refractivity contribution in [1.29, 1.82) is 0 Å². The molecule has 1 unspecified atom stereocenters. The number of furan rings is 1. The van der Waals surface area contributed by atoms with Gasteiger partial charge in [-0.05, 0) is 19.1 Å². The Kier molecular flexibility index (Phi) is 4.71. The van der Waals surface area contributed by atoms with Crippen LogP contribution in [0.2, 0.25) is 0 Å². The van der Waals surface area contributed by atoms with Crippen molar-refractivity contribution in [2.75, 3.05) is 13.2 Å². The van der Waals surface area contributed by atoms with E-state index < -0.39 is 24.2 Å². The van der Waals surface area contributed by atoms with Crippen LogP contribution in [0.15, 0.2) is 29.2 Å². The maximum Gasteiger partial charge on any atom is 0.408 e. The van der Waals surface area contributed by atoms with E-state index in [9.17, 15) is 14.7 Å². The lowest BCUT2D eigenvalue weighted by Crippen LogP contribution is -2.46. The highest BCUT2D eigenvalue weighted by molar-refractivity contribution is 5.84. The first-order valence-corrected chi connectivity index (χ1v) is 5.43. The minimum Gasteiger partial charge on any atom is -0.475 e. The van der Waals surface area contributed by atoms with Gasteiger partial charge in [0, 0.05) is 0 Å². The minimum atomic E-state index is -1.27. The van der Waals surface area contributed by atoms with Crippen molar-refractivity contribution in [1.82, 2.24) is 5.32 Å². The third-order valence-electron chi connectivity index (χ3n) is 2.39. The molecule has 0 spiro atoms. The number of ether oxygens (including phenoxy) is 1. The highest BCUT2D eigenvalue weighted by Gasteiger charge is 2.32. The van der Waals surface area contributed by atoms with Gasteiger partial charge in [0.05, 0.1) is 6.61 Å². The number of aliphatic hydroxyl groups is 1. The number of carbonyl (C=O) groups is 2. The zero-order chi connectivity index (χ0) is 14.5. The molecule has 0 aromatic carbocycles. The van der Waals surface area contributed by atoms with Gasteiger partial charge in [-0.25, -0.2) is 9.59 Å². The van der Waals surface area contributed by atoms with Gasteiger partial charge in [-0.1, -0.05) is 12.7 Å². The number of aliphatic hydroxyl groups excluding tert-OH is 1. The normalized spacial score (nSPS) is 13.4. The molecule has 0 fully saturated rings. The average Bonchev–Trinajstić information content (AvgIpc) is 2.86. The van der Waals surface area contributed by atoms with E-state index in [1.165, 1.54) is 25.1 Å². The Bertz CT molecular complexity index is 480. The van der Waals surface area contributed by atoms with E-state index in [1.807, 2.05) is 0 Å². The van der Waals surface area contributed by atoms with Crippen LogP contribution < -0.4 is 5.32 Å². The number of alkyl carbamates (subject to hydrolysis) is 1. The largest absolute Gasteiger partial charge is 0.475 e. The topological polar surface area (TPSA) is 109 Å². The fraction of sp³-hybridized carbons (Fsp3) is 0.333. The number of carbonyl (C=O) groups excluding carboxylic acids is 1. The van der Waals surface area contributed by atoms with Crippen LogP contribution in [-0.2, 0) is 10.3 Å². The molecule has 3 N–H and O–H groups in total. The second-order valence-electron chi connectivity index (χ2n) is 3.97. The molecule has 0 aliphatic rings. The van der Waals surface area contributed by atoms with Crippen LogP contribution in [0.3, 0.4) is 0 Å². The van der Waals surface area contributed by atoms with E-state index >= 15 is 0 Å². The van der Waals surface area contributed by atoms with E-state index in [-0.39, 0.29) is 18.1 Å². The Hall–Kier alpha value is -2.28. The molecule has 1 atom stereocenters. The lowest BCUT2D eigenvalue weighted by Gasteiger charge is -2.25. The monoisotopic (exact) mass is 269 g/mol. The van der Waals surface area contributed by atoms with E-state index in [0.717, 1.165) is 0 Å². The summed E-state index contributed by atoms with van der Waals surface area (Å²) >= 11 is 0. The van der Waals surface area contributed by atoms with Crippen LogP contribution in [0.25, 0.3) is 0 Å². The zero-order valence-corrected chi connectivity index (χ0v) is 10.4. The Labute approximate surface area is 109 Å². The SMILES string of the molecule is C=CCOC(=O)NC(C)(CO)c1ccc(C(=O)O)o1. The molecule has 0 saturated carbocycles. The van der Waals surface area contributed by atoms with Crippen molar-refractivity contribution >= 4 is 12.1 Å². The molecule has 1 amide bonds. The number of nitrogens with one attached hydrogen (secondary N) is 1. The Morgan fingerprint density at radius 2 is 2.26 bits per heavy atom. The summed E-state index contributed by atoms with van der Waals surface area (Å²) in [6.45, 7) is 4.41. The molecule has 7 nitrogen and oxygen atoms in total. The van der Waals surface area contributed by atoms with E-state index in [2.05, 4.69) is 11.9 Å². The predicted octanol–water partition coefficient (Wildman–Crippen LogP) is 1.10. The van der Waals surface area contributed by atoms with E-state index in [4.69, 9.17) is 14.3 Å². The molecule has 0 saturated heterocycles. The first-order chi connectivity index (χ1) is 8.92. The molecular weight excluding hydrogens is 254 g/mol. The lowest BCUT2D eigenvalue weighted by atomic mass is 10.0. The Morgan fingerprint density at radius 1 is 1.58 bits per heavy atom. The van der Waals surface area contributed by atoms with E-state index in [1.54, 1.807) is 0 Å². The van der Waals surface area contributed by atoms with Gasteiger partial charge in [0.15, 0.2) is 0 Å². The van der Waals surface area contributed by atoms with Crippen molar-refractivity contribution in [2.24, 2.45) is 0 Å². The molecule has 1 aromatic rings. The lowest BCUT2D eigenvalue weighted by molar-refractivity contribution is 0.0651. The molecule has 0 radical (unpaired) electrons. The van der Waals surface area contributed by atoms with Crippen molar-refractivity contribution in [3.63, 3.8) is 0 Å². The Morgan fingerprint density at radius 3 is 2.74 bits per heavy atom. The third kappa shape index (κ3) is 3.59. The van der Waals surface area contributed by atoms with Gasteiger partial charge in [-0.15, -0.1) is 0 Å². The molecule has 0 bridgehead atoms. The summed E-state index contributed by atoms with van der Waals surface area (Å²) < 4.78 is 9.78. The number of amides is 1. The predicted molar refractivity (Wildman–Crippen MR) is 64.8 cm³/mol. The summed E-state index contributed by atoms with van der Waals surface area (Å²) in [4.78, 5) is 22.2. The maximum atomic E-state index is 11.4. The summed E-state index contributed by atoms with van der Waals surface area (Å²) in [5.41, 5.74) is -1.27. The van der Waals surface area contributed by atoms with Gasteiger partial charge < -0.3 is 24.7 Å². The second-order valence-corrected chi connectivity index (χ2v) is 3.97. The molecule has 7 heteroatoms. The first-order valence-electron chi connectivity index (χ1n) is 5.43. The number of carboxylic acid groups (broad SMARTS) is 1. The molecule has 1 rings (SSSR count). The van der Waals surface area contributed by atoms with Gasteiger partial charge in [0.2, 0.25) is 5.76 Å². The number of rotatable bonds is 6. The van der Waals surface area contributed by atoms with Crippen molar-refractivity contribution < 1.29 is 29.0 Å². The van der Waals surface area contributed by atoms with Crippen LogP contribution in [0.5, 0.6) is 0 Å². The second kappa shape index (κ2) is 6.05. The molecule has 1 aromatic heterocycles. The van der Waals surface area contributed by atoms with Crippen LogP contribution >= 0.6 is 0 Å². The molecule has 0 aliphatic carbocycles. The van der Waals surface area contributed by atoms with E-state index in [0.29, 0.717) is 0 Å². The summed E-state index contributed by atoms with van der Waals surface area (Å²) in [5.74, 6) is -1.40. The molecule has 104 valence electrons. The number of aromatic carboxylic acids is 1. The fourth-order valence-corrected chi connectivity index (χ4v) is 1.32. The van der Waals surface area contributed by atoms with Crippen LogP contribution in [-0.4, -0.2) is 35.5 Å². The maximum absolute atomic E-state index is 11.4. The highest BCUT2D eigenvalue weighted by atomic mass is 16.5. The molecular formula is C12H15NO6. The van der Waals surface area contributed by atoms with Crippen molar-refractivity contribution in [3.8, 4) is 0 Å². The van der Waals surface area contributed by atoms with Crippen molar-refractivity contribution in [3.05, 3.63) is 36.3 Å². The summed E-state index contributed by atoms with van der Waals surface area (Å²) in [6, 6.07) is 2.61. The van der Waals surface area contributed by atoms with Crippen molar-refractivity contribution in [2.45, 2.75) is 12.5 Å². The van der Waals surface area contributed by atoms with Gasteiger partial charge >= 0.3 is 12.1 Å². The zero-order valence-electron chi connectivity index (χ0n) is 10.4. The molecule has 19 heavy (non-hydrogen) atoms. The highest BCUT2D eigenvalue weighted by Crippen LogP contribution is 2.23. The molecule has 0 aliphatic heterocycles. The quantitative estimate of drug-likeness (QED) is 0.667. The van der Waals surface area contributed by atoms with Gasteiger partial charge in [0.25, 0.3) is 0 Å². The minimum absolute atomic E-state index is 0.0197. The van der Waals surface area contributed by atoms with Crippen LogP contribution in [0, 0.1) is 0 Å². The summed E-state index contributed by atoms with van der Waals surface area (Å²) in [7, 11) is 0. The average molecular weight is 269 g/mol. The summed E-state index contributed by atoms with van der Waals surface area (Å²) in [6.07, 6.45) is 0.621. The number of carboxylic acids is 1. The number of hydrogen-bond acceptors (Lipinski definition) is 5. The van der Waals surface area contributed by atoms with Crippen LogP contribution in [0.1, 0.15) is 23.2 Å².